The Bertz CT molecular complexity index is 792. The highest BCUT2D eigenvalue weighted by Gasteiger charge is 2.40. The molecule has 1 saturated carbocycles. The fourth-order valence-electron chi connectivity index (χ4n) is 3.82. The maximum Gasteiger partial charge on any atom is 0.259 e. The molecule has 0 radical (unpaired) electrons. The van der Waals surface area contributed by atoms with Gasteiger partial charge in [0.15, 0.2) is 0 Å². The highest BCUT2D eigenvalue weighted by atomic mass is 16.5. The van der Waals surface area contributed by atoms with Gasteiger partial charge in [0.25, 0.3) is 11.5 Å². The summed E-state index contributed by atoms with van der Waals surface area (Å²) in [6, 6.07) is 11.6. The molecule has 5 heteroatoms. The van der Waals surface area contributed by atoms with Gasteiger partial charge in [-0.2, -0.15) is 0 Å². The van der Waals surface area contributed by atoms with Gasteiger partial charge in [0.05, 0.1) is 12.7 Å². The number of aromatic nitrogens is 1. The topological polar surface area (TPSA) is 62.4 Å². The second kappa shape index (κ2) is 7.13. The Morgan fingerprint density at radius 2 is 1.92 bits per heavy atom. The molecule has 0 spiro atoms. The molecule has 3 rings (SSSR count). The fraction of sp³-hybridized carbons (Fsp3) is 0.400. The van der Waals surface area contributed by atoms with E-state index in [9.17, 15) is 9.59 Å². The number of nitrogens with zero attached hydrogens (tertiary/aromatic N) is 1. The summed E-state index contributed by atoms with van der Waals surface area (Å²) in [6.07, 6.45) is 6.49. The van der Waals surface area contributed by atoms with Crippen LogP contribution >= 0.6 is 0 Å². The predicted octanol–water partition coefficient (Wildman–Crippen LogP) is 3.01. The molecule has 1 aromatic carbocycles. The molecule has 0 bridgehead atoms. The molecule has 1 amide bonds. The number of nitrogens with one attached hydrogen (secondary N) is 1. The van der Waals surface area contributed by atoms with Crippen LogP contribution in [0.1, 0.15) is 41.6 Å². The second-order valence-corrected chi connectivity index (χ2v) is 6.74. The lowest BCUT2D eigenvalue weighted by Gasteiger charge is -2.39. The van der Waals surface area contributed by atoms with E-state index in [1.54, 1.807) is 0 Å². The third kappa shape index (κ3) is 3.45. The SMILES string of the molecule is COc1cc(=O)[nH]cc1C(=O)N(C)C1(Cc2ccccc2)CCCC1. The number of carbonyl (C=O) groups excluding carboxylic acids is 1. The molecule has 0 unspecified atom stereocenters. The molecule has 1 aliphatic carbocycles. The smallest absolute Gasteiger partial charge is 0.259 e. The zero-order valence-electron chi connectivity index (χ0n) is 14.7. The van der Waals surface area contributed by atoms with Crippen LogP contribution in [-0.2, 0) is 6.42 Å². The van der Waals surface area contributed by atoms with Gasteiger partial charge in [0.2, 0.25) is 0 Å². The lowest BCUT2D eigenvalue weighted by molar-refractivity contribution is 0.0564. The highest BCUT2D eigenvalue weighted by molar-refractivity contribution is 5.97. The van der Waals surface area contributed by atoms with Crippen molar-refractivity contribution in [3.8, 4) is 5.75 Å². The number of aromatic amines is 1. The van der Waals surface area contributed by atoms with Crippen molar-refractivity contribution in [3.63, 3.8) is 0 Å². The van der Waals surface area contributed by atoms with E-state index in [1.807, 2.05) is 30.1 Å². The van der Waals surface area contributed by atoms with E-state index < -0.39 is 0 Å². The minimum absolute atomic E-state index is 0.120. The van der Waals surface area contributed by atoms with Crippen LogP contribution in [0.5, 0.6) is 5.75 Å². The van der Waals surface area contributed by atoms with Gasteiger partial charge in [-0.15, -0.1) is 0 Å². The second-order valence-electron chi connectivity index (χ2n) is 6.74. The van der Waals surface area contributed by atoms with Crippen LogP contribution in [0, 0.1) is 0 Å². The molecule has 1 aromatic heterocycles. The Morgan fingerprint density at radius 1 is 1.24 bits per heavy atom. The minimum atomic E-state index is -0.282. The first-order chi connectivity index (χ1) is 12.1. The molecule has 5 nitrogen and oxygen atoms in total. The number of ether oxygens (including phenoxy) is 1. The first-order valence-corrected chi connectivity index (χ1v) is 8.64. The van der Waals surface area contributed by atoms with Gasteiger partial charge in [0.1, 0.15) is 5.75 Å². The van der Waals surface area contributed by atoms with Crippen LogP contribution in [0.4, 0.5) is 0 Å². The van der Waals surface area contributed by atoms with Crippen LogP contribution < -0.4 is 10.3 Å². The van der Waals surface area contributed by atoms with Crippen molar-refractivity contribution < 1.29 is 9.53 Å². The quantitative estimate of drug-likeness (QED) is 0.910. The molecule has 0 atom stereocenters. The minimum Gasteiger partial charge on any atom is -0.496 e. The van der Waals surface area contributed by atoms with Gasteiger partial charge in [-0.3, -0.25) is 9.59 Å². The van der Waals surface area contributed by atoms with Crippen LogP contribution in [0.25, 0.3) is 0 Å². The summed E-state index contributed by atoms with van der Waals surface area (Å²) in [5.41, 5.74) is 1.15. The van der Waals surface area contributed by atoms with Gasteiger partial charge in [-0.05, 0) is 24.8 Å². The number of hydrogen-bond acceptors (Lipinski definition) is 3. The molecule has 0 saturated heterocycles. The van der Waals surface area contributed by atoms with Crippen LogP contribution in [-0.4, -0.2) is 35.5 Å². The Balaban J connectivity index is 1.92. The highest BCUT2D eigenvalue weighted by Crippen LogP contribution is 2.38. The average molecular weight is 340 g/mol. The summed E-state index contributed by atoms with van der Waals surface area (Å²) in [7, 11) is 3.34. The largest absolute Gasteiger partial charge is 0.496 e. The number of carbonyl (C=O) groups is 1. The molecule has 132 valence electrons. The number of amides is 1. The van der Waals surface area contributed by atoms with E-state index in [0.29, 0.717) is 11.3 Å². The molecule has 1 heterocycles. The molecule has 0 aliphatic heterocycles. The number of methoxy groups -OCH3 is 1. The third-order valence-electron chi connectivity index (χ3n) is 5.26. The first kappa shape index (κ1) is 17.3. The summed E-state index contributed by atoms with van der Waals surface area (Å²) in [4.78, 5) is 29.1. The summed E-state index contributed by atoms with van der Waals surface area (Å²) in [5.74, 6) is 0.194. The zero-order valence-corrected chi connectivity index (χ0v) is 14.7. The van der Waals surface area contributed by atoms with Crippen molar-refractivity contribution in [2.75, 3.05) is 14.2 Å². The van der Waals surface area contributed by atoms with Crippen molar-refractivity contribution in [2.45, 2.75) is 37.6 Å². The summed E-state index contributed by atoms with van der Waals surface area (Å²) >= 11 is 0. The van der Waals surface area contributed by atoms with Crippen molar-refractivity contribution in [2.24, 2.45) is 0 Å². The van der Waals surface area contributed by atoms with E-state index in [1.165, 1.54) is 24.9 Å². The Morgan fingerprint density at radius 3 is 2.56 bits per heavy atom. The summed E-state index contributed by atoms with van der Waals surface area (Å²) in [6.45, 7) is 0. The molecule has 25 heavy (non-hydrogen) atoms. The molecule has 1 aliphatic rings. The van der Waals surface area contributed by atoms with Crippen molar-refractivity contribution in [1.82, 2.24) is 9.88 Å². The van der Waals surface area contributed by atoms with Gasteiger partial charge in [-0.1, -0.05) is 43.2 Å². The number of rotatable bonds is 5. The van der Waals surface area contributed by atoms with Crippen LogP contribution in [0.3, 0.4) is 0 Å². The maximum absolute atomic E-state index is 13.1. The number of H-pyrrole nitrogens is 1. The van der Waals surface area contributed by atoms with Gasteiger partial charge in [-0.25, -0.2) is 0 Å². The van der Waals surface area contributed by atoms with E-state index in [2.05, 4.69) is 17.1 Å². The maximum atomic E-state index is 13.1. The third-order valence-corrected chi connectivity index (χ3v) is 5.26. The van der Waals surface area contributed by atoms with Crippen LogP contribution in [0.15, 0.2) is 47.4 Å². The van der Waals surface area contributed by atoms with Crippen molar-refractivity contribution in [1.29, 1.82) is 0 Å². The molecule has 2 aromatic rings. The zero-order chi connectivity index (χ0) is 17.9. The Labute approximate surface area is 147 Å². The number of likely N-dealkylation sites (N-methyl/N-ethyl adjacent to an activating group) is 1. The number of hydrogen-bond donors (Lipinski definition) is 1. The molecule has 1 N–H and O–H groups in total. The lowest BCUT2D eigenvalue weighted by Crippen LogP contribution is -2.49. The Hall–Kier alpha value is -2.56. The predicted molar refractivity (Wildman–Crippen MR) is 97.1 cm³/mol. The van der Waals surface area contributed by atoms with Gasteiger partial charge < -0.3 is 14.6 Å². The average Bonchev–Trinajstić information content (AvgIpc) is 3.10. The van der Waals surface area contributed by atoms with E-state index in [-0.39, 0.29) is 17.0 Å². The van der Waals surface area contributed by atoms with E-state index >= 15 is 0 Å². The van der Waals surface area contributed by atoms with Crippen molar-refractivity contribution in [3.05, 3.63) is 64.1 Å². The van der Waals surface area contributed by atoms with E-state index in [4.69, 9.17) is 4.74 Å². The summed E-state index contributed by atoms with van der Waals surface area (Å²) in [5, 5.41) is 0. The monoisotopic (exact) mass is 340 g/mol. The molecule has 1 fully saturated rings. The normalized spacial score (nSPS) is 15.8. The standard InChI is InChI=1S/C20H24N2O3/c1-22(19(24)16-14-21-18(23)12-17(16)25-2)20(10-6-7-11-20)13-15-8-4-3-5-9-15/h3-5,8-9,12,14H,6-7,10-11,13H2,1-2H3,(H,21,23). The number of pyridine rings is 1. The van der Waals surface area contributed by atoms with Gasteiger partial charge >= 0.3 is 0 Å². The number of benzene rings is 1. The van der Waals surface area contributed by atoms with Crippen LogP contribution in [0.2, 0.25) is 0 Å². The molecular weight excluding hydrogens is 316 g/mol. The first-order valence-electron chi connectivity index (χ1n) is 8.64. The molecular formula is C20H24N2O3. The fourth-order valence-corrected chi connectivity index (χ4v) is 3.82. The summed E-state index contributed by atoms with van der Waals surface area (Å²) < 4.78 is 5.24. The van der Waals surface area contributed by atoms with E-state index in [0.717, 1.165) is 32.1 Å². The van der Waals surface area contributed by atoms with Crippen molar-refractivity contribution >= 4 is 5.91 Å². The lowest BCUT2D eigenvalue weighted by atomic mass is 9.87. The van der Waals surface area contributed by atoms with Gasteiger partial charge in [0, 0.05) is 24.8 Å². The Kier molecular flexibility index (Phi) is 4.93.